The Labute approximate surface area is 100 Å². The van der Waals surface area contributed by atoms with Crippen molar-refractivity contribution in [2.45, 2.75) is 0 Å². The molecule has 0 aliphatic rings. The molecule has 1 N–H and O–H groups in total. The van der Waals surface area contributed by atoms with Crippen LogP contribution in [-0.2, 0) is 0 Å². The van der Waals surface area contributed by atoms with Crippen LogP contribution >= 0.6 is 35.2 Å². The van der Waals surface area contributed by atoms with Gasteiger partial charge in [0.1, 0.15) is 0 Å². The van der Waals surface area contributed by atoms with Crippen LogP contribution in [0.5, 0.6) is 0 Å². The van der Waals surface area contributed by atoms with Crippen molar-refractivity contribution in [1.29, 1.82) is 0 Å². The van der Waals surface area contributed by atoms with E-state index < -0.39 is 0 Å². The maximum atomic E-state index is 5.76. The molecule has 0 bridgehead atoms. The second kappa shape index (κ2) is 4.65. The summed E-state index contributed by atoms with van der Waals surface area (Å²) in [4.78, 5) is 4.17. The number of hydrogen-bond acceptors (Lipinski definition) is 4. The van der Waals surface area contributed by atoms with Crippen LogP contribution in [0.1, 0.15) is 5.56 Å². The van der Waals surface area contributed by atoms with E-state index in [1.54, 1.807) is 6.21 Å². The number of rotatable bonds is 2. The Morgan fingerprint density at radius 3 is 2.73 bits per heavy atom. The lowest BCUT2D eigenvalue weighted by molar-refractivity contribution is 1.07. The van der Waals surface area contributed by atoms with Crippen LogP contribution in [-0.4, -0.2) is 16.4 Å². The smallest absolute Gasteiger partial charge is 0.230 e. The molecule has 0 saturated carbocycles. The second-order valence-electron chi connectivity index (χ2n) is 2.71. The number of hydrogen-bond donors (Lipinski definition) is 1. The van der Waals surface area contributed by atoms with Crippen molar-refractivity contribution in [3.63, 3.8) is 0 Å². The molecule has 0 amide bonds. The average molecular weight is 256 g/mol. The van der Waals surface area contributed by atoms with Gasteiger partial charge in [0.2, 0.25) is 5.13 Å². The Morgan fingerprint density at radius 1 is 1.40 bits per heavy atom. The first-order chi connectivity index (χ1) is 7.24. The van der Waals surface area contributed by atoms with Gasteiger partial charge in [-0.05, 0) is 29.9 Å². The molecule has 0 aliphatic heterocycles. The summed E-state index contributed by atoms with van der Waals surface area (Å²) >= 11 is 12.0. The van der Waals surface area contributed by atoms with Crippen LogP contribution in [0.25, 0.3) is 0 Å². The number of H-pyrrole nitrogens is 1. The van der Waals surface area contributed by atoms with Gasteiger partial charge in [0.15, 0.2) is 3.95 Å². The van der Waals surface area contributed by atoms with E-state index >= 15 is 0 Å². The van der Waals surface area contributed by atoms with Gasteiger partial charge in [-0.25, -0.2) is 4.99 Å². The zero-order valence-electron chi connectivity index (χ0n) is 7.48. The van der Waals surface area contributed by atoms with Crippen molar-refractivity contribution in [2.75, 3.05) is 0 Å². The molecule has 0 unspecified atom stereocenters. The Morgan fingerprint density at radius 2 is 2.13 bits per heavy atom. The Balaban J connectivity index is 2.18. The van der Waals surface area contributed by atoms with Gasteiger partial charge < -0.3 is 0 Å². The number of aromatic amines is 1. The average Bonchev–Trinajstić information content (AvgIpc) is 2.64. The molecule has 1 aromatic carbocycles. The van der Waals surface area contributed by atoms with Crippen LogP contribution in [0, 0.1) is 3.95 Å². The van der Waals surface area contributed by atoms with E-state index in [1.807, 2.05) is 24.3 Å². The van der Waals surface area contributed by atoms with Crippen molar-refractivity contribution in [1.82, 2.24) is 10.2 Å². The highest BCUT2D eigenvalue weighted by Gasteiger charge is 1.93. The van der Waals surface area contributed by atoms with Gasteiger partial charge in [-0.1, -0.05) is 35.1 Å². The predicted molar refractivity (Wildman–Crippen MR) is 66.0 cm³/mol. The van der Waals surface area contributed by atoms with Crippen molar-refractivity contribution in [3.8, 4) is 0 Å². The fourth-order valence-corrected chi connectivity index (χ4v) is 1.80. The van der Waals surface area contributed by atoms with Crippen molar-refractivity contribution < 1.29 is 0 Å². The molecular weight excluding hydrogens is 250 g/mol. The van der Waals surface area contributed by atoms with Gasteiger partial charge in [-0.3, -0.25) is 5.10 Å². The fourth-order valence-electron chi connectivity index (χ4n) is 0.956. The Hall–Kier alpha value is -1.04. The summed E-state index contributed by atoms with van der Waals surface area (Å²) in [5.41, 5.74) is 0.973. The number of aromatic nitrogens is 2. The molecule has 0 atom stereocenters. The summed E-state index contributed by atoms with van der Waals surface area (Å²) < 4.78 is 0.623. The summed E-state index contributed by atoms with van der Waals surface area (Å²) in [5.74, 6) is 0. The molecule has 2 aromatic rings. The molecule has 6 heteroatoms. The van der Waals surface area contributed by atoms with Crippen LogP contribution in [0.15, 0.2) is 29.3 Å². The summed E-state index contributed by atoms with van der Waals surface area (Å²) in [6.07, 6.45) is 1.72. The van der Waals surface area contributed by atoms with Crippen LogP contribution in [0.3, 0.4) is 0 Å². The fraction of sp³-hybridized carbons (Fsp3) is 0. The van der Waals surface area contributed by atoms with Gasteiger partial charge >= 0.3 is 0 Å². The zero-order chi connectivity index (χ0) is 10.7. The van der Waals surface area contributed by atoms with Crippen molar-refractivity contribution >= 4 is 46.5 Å². The van der Waals surface area contributed by atoms with Gasteiger partial charge in [-0.15, -0.1) is 5.10 Å². The minimum absolute atomic E-state index is 0.620. The van der Waals surface area contributed by atoms with Gasteiger partial charge in [0, 0.05) is 11.2 Å². The standard InChI is InChI=1S/C9H6ClN3S2/c10-7-3-1-6(2-4-7)5-11-8-12-13-9(14)15-8/h1-5H,(H,13,14). The summed E-state index contributed by atoms with van der Waals surface area (Å²) in [6.45, 7) is 0. The summed E-state index contributed by atoms with van der Waals surface area (Å²) in [7, 11) is 0. The molecule has 15 heavy (non-hydrogen) atoms. The second-order valence-corrected chi connectivity index (χ2v) is 4.79. The molecule has 0 saturated heterocycles. The number of halogens is 1. The quantitative estimate of drug-likeness (QED) is 0.658. The SMILES string of the molecule is S=c1[nH]nc(N=Cc2ccc(Cl)cc2)s1. The van der Waals surface area contributed by atoms with Crippen LogP contribution in [0.4, 0.5) is 5.13 Å². The number of nitrogens with zero attached hydrogens (tertiary/aromatic N) is 2. The number of benzene rings is 1. The number of aliphatic imine (C=N–C) groups is 1. The first-order valence-electron chi connectivity index (χ1n) is 4.09. The Bertz CT molecular complexity index is 527. The van der Waals surface area contributed by atoms with E-state index in [2.05, 4.69) is 15.2 Å². The van der Waals surface area contributed by atoms with E-state index in [1.165, 1.54) is 11.3 Å². The molecule has 0 radical (unpaired) electrons. The molecule has 0 fully saturated rings. The molecular formula is C9H6ClN3S2. The molecule has 0 spiro atoms. The third-order valence-corrected chi connectivity index (χ3v) is 2.87. The lowest BCUT2D eigenvalue weighted by Gasteiger charge is -1.91. The van der Waals surface area contributed by atoms with Crippen LogP contribution in [0.2, 0.25) is 5.02 Å². The predicted octanol–water partition coefficient (Wildman–Crippen LogP) is 3.60. The topological polar surface area (TPSA) is 41.0 Å². The maximum Gasteiger partial charge on any atom is 0.230 e. The molecule has 1 aromatic heterocycles. The largest absolute Gasteiger partial charge is 0.256 e. The highest BCUT2D eigenvalue weighted by Crippen LogP contribution is 2.15. The lowest BCUT2D eigenvalue weighted by atomic mass is 10.2. The summed E-state index contributed by atoms with van der Waals surface area (Å²) in [6, 6.07) is 7.40. The molecule has 76 valence electrons. The third kappa shape index (κ3) is 2.95. The van der Waals surface area contributed by atoms with E-state index in [0.717, 1.165) is 5.56 Å². The molecule has 3 nitrogen and oxygen atoms in total. The number of nitrogens with one attached hydrogen (secondary N) is 1. The molecule has 2 rings (SSSR count). The van der Waals surface area contributed by atoms with Crippen molar-refractivity contribution in [3.05, 3.63) is 38.8 Å². The monoisotopic (exact) mass is 255 g/mol. The van der Waals surface area contributed by atoms with Crippen molar-refractivity contribution in [2.24, 2.45) is 4.99 Å². The first kappa shape index (κ1) is 10.5. The van der Waals surface area contributed by atoms with E-state index in [-0.39, 0.29) is 0 Å². The van der Waals surface area contributed by atoms with Gasteiger partial charge in [0.25, 0.3) is 0 Å². The first-order valence-corrected chi connectivity index (χ1v) is 5.69. The molecule has 0 aliphatic carbocycles. The lowest BCUT2D eigenvalue weighted by Crippen LogP contribution is -1.78. The molecule has 1 heterocycles. The van der Waals surface area contributed by atoms with E-state index in [0.29, 0.717) is 14.1 Å². The van der Waals surface area contributed by atoms with Crippen LogP contribution < -0.4 is 0 Å². The maximum absolute atomic E-state index is 5.76. The van der Waals surface area contributed by atoms with Gasteiger partial charge in [-0.2, -0.15) is 0 Å². The van der Waals surface area contributed by atoms with E-state index in [9.17, 15) is 0 Å². The normalized spacial score (nSPS) is 11.0. The minimum Gasteiger partial charge on any atom is -0.256 e. The Kier molecular flexibility index (Phi) is 3.25. The summed E-state index contributed by atoms with van der Waals surface area (Å²) in [5, 5.41) is 7.91. The highest BCUT2D eigenvalue weighted by atomic mass is 35.5. The van der Waals surface area contributed by atoms with E-state index in [4.69, 9.17) is 23.8 Å². The third-order valence-electron chi connectivity index (χ3n) is 1.62. The van der Waals surface area contributed by atoms with Gasteiger partial charge in [0.05, 0.1) is 0 Å². The minimum atomic E-state index is 0.620. The highest BCUT2D eigenvalue weighted by molar-refractivity contribution is 7.73. The zero-order valence-corrected chi connectivity index (χ0v) is 9.86.